The van der Waals surface area contributed by atoms with Crippen LogP contribution >= 0.6 is 27.5 Å². The van der Waals surface area contributed by atoms with Crippen LogP contribution in [0.4, 0.5) is 10.2 Å². The number of aromatic nitrogens is 2. The molecule has 1 aromatic heterocycles. The highest BCUT2D eigenvalue weighted by Crippen LogP contribution is 2.22. The van der Waals surface area contributed by atoms with Gasteiger partial charge in [-0.3, -0.25) is 0 Å². The Morgan fingerprint density at radius 2 is 2.10 bits per heavy atom. The fraction of sp³-hybridized carbons (Fsp3) is 0.286. The van der Waals surface area contributed by atoms with E-state index in [2.05, 4.69) is 31.2 Å². The highest BCUT2D eigenvalue weighted by Gasteiger charge is 2.09. The molecule has 0 fully saturated rings. The zero-order valence-electron chi connectivity index (χ0n) is 11.2. The van der Waals surface area contributed by atoms with Crippen LogP contribution < -0.4 is 5.32 Å². The van der Waals surface area contributed by atoms with E-state index in [0.29, 0.717) is 35.3 Å². The van der Waals surface area contributed by atoms with Crippen molar-refractivity contribution in [2.24, 2.45) is 0 Å². The van der Waals surface area contributed by atoms with Crippen LogP contribution in [0.1, 0.15) is 23.9 Å². The standard InChI is InChI=1S/C14H14BrClFN3/c1-3-12-19-13(16)8(2)14(20-12)18-7-9-6-10(15)4-5-11(9)17/h4-6H,3,7H2,1-2H3,(H,18,19,20). The highest BCUT2D eigenvalue weighted by molar-refractivity contribution is 9.10. The summed E-state index contributed by atoms with van der Waals surface area (Å²) in [5, 5.41) is 3.54. The third kappa shape index (κ3) is 3.46. The van der Waals surface area contributed by atoms with Crippen molar-refractivity contribution in [1.29, 1.82) is 0 Å². The summed E-state index contributed by atoms with van der Waals surface area (Å²) in [5.41, 5.74) is 1.32. The second-order valence-corrected chi connectivity index (χ2v) is 5.62. The second-order valence-electron chi connectivity index (χ2n) is 4.35. The summed E-state index contributed by atoms with van der Waals surface area (Å²) in [4.78, 5) is 8.55. The molecule has 0 aliphatic carbocycles. The van der Waals surface area contributed by atoms with Crippen LogP contribution in [0.2, 0.25) is 5.15 Å². The van der Waals surface area contributed by atoms with Crippen LogP contribution in [0.25, 0.3) is 0 Å². The molecule has 1 aromatic carbocycles. The lowest BCUT2D eigenvalue weighted by atomic mass is 10.2. The maximum absolute atomic E-state index is 13.7. The van der Waals surface area contributed by atoms with E-state index < -0.39 is 0 Å². The highest BCUT2D eigenvalue weighted by atomic mass is 79.9. The van der Waals surface area contributed by atoms with Crippen LogP contribution in [0, 0.1) is 12.7 Å². The summed E-state index contributed by atoms with van der Waals surface area (Å²) in [5.74, 6) is 1.05. The van der Waals surface area contributed by atoms with Gasteiger partial charge in [-0.1, -0.05) is 34.5 Å². The van der Waals surface area contributed by atoms with Gasteiger partial charge >= 0.3 is 0 Å². The van der Waals surface area contributed by atoms with Gasteiger partial charge in [0.25, 0.3) is 0 Å². The number of aryl methyl sites for hydroxylation is 1. The summed E-state index contributed by atoms with van der Waals surface area (Å²) < 4.78 is 14.5. The van der Waals surface area contributed by atoms with Crippen LogP contribution in [0.5, 0.6) is 0 Å². The van der Waals surface area contributed by atoms with E-state index in [4.69, 9.17) is 11.6 Å². The Labute approximate surface area is 130 Å². The van der Waals surface area contributed by atoms with E-state index >= 15 is 0 Å². The van der Waals surface area contributed by atoms with Crippen molar-refractivity contribution >= 4 is 33.3 Å². The Morgan fingerprint density at radius 3 is 2.80 bits per heavy atom. The fourth-order valence-corrected chi connectivity index (χ4v) is 2.32. The molecule has 0 saturated heterocycles. The summed E-state index contributed by atoms with van der Waals surface area (Å²) in [7, 11) is 0. The number of hydrogen-bond acceptors (Lipinski definition) is 3. The van der Waals surface area contributed by atoms with Crippen molar-refractivity contribution in [3.05, 3.63) is 50.6 Å². The van der Waals surface area contributed by atoms with Gasteiger partial charge in [0.05, 0.1) is 0 Å². The average Bonchev–Trinajstić information content (AvgIpc) is 2.43. The maximum Gasteiger partial charge on any atom is 0.137 e. The molecular weight excluding hydrogens is 345 g/mol. The smallest absolute Gasteiger partial charge is 0.137 e. The molecule has 0 saturated carbocycles. The van der Waals surface area contributed by atoms with Crippen LogP contribution in [-0.2, 0) is 13.0 Å². The molecule has 0 unspecified atom stereocenters. The van der Waals surface area contributed by atoms with Gasteiger partial charge in [0, 0.05) is 28.6 Å². The topological polar surface area (TPSA) is 37.8 Å². The fourth-order valence-electron chi connectivity index (χ4n) is 1.72. The predicted molar refractivity (Wildman–Crippen MR) is 82.6 cm³/mol. The van der Waals surface area contributed by atoms with E-state index in [1.165, 1.54) is 6.07 Å². The van der Waals surface area contributed by atoms with Crippen molar-refractivity contribution in [3.63, 3.8) is 0 Å². The minimum Gasteiger partial charge on any atom is -0.366 e. The van der Waals surface area contributed by atoms with Crippen molar-refractivity contribution in [2.75, 3.05) is 5.32 Å². The first-order valence-corrected chi connectivity index (χ1v) is 7.39. The van der Waals surface area contributed by atoms with Crippen LogP contribution in [-0.4, -0.2) is 9.97 Å². The molecule has 0 aliphatic heterocycles. The number of benzene rings is 1. The summed E-state index contributed by atoms with van der Waals surface area (Å²) in [6, 6.07) is 4.83. The normalized spacial score (nSPS) is 10.7. The average molecular weight is 359 g/mol. The lowest BCUT2D eigenvalue weighted by molar-refractivity contribution is 0.612. The molecule has 0 radical (unpaired) electrons. The third-order valence-electron chi connectivity index (χ3n) is 2.90. The molecule has 20 heavy (non-hydrogen) atoms. The lowest BCUT2D eigenvalue weighted by Gasteiger charge is -2.11. The monoisotopic (exact) mass is 357 g/mol. The van der Waals surface area contributed by atoms with E-state index in [0.717, 1.165) is 10.0 Å². The van der Waals surface area contributed by atoms with E-state index in [1.807, 2.05) is 13.8 Å². The minimum atomic E-state index is -0.255. The van der Waals surface area contributed by atoms with Gasteiger partial charge in [-0.15, -0.1) is 0 Å². The number of hydrogen-bond donors (Lipinski definition) is 1. The van der Waals surface area contributed by atoms with Crippen molar-refractivity contribution in [2.45, 2.75) is 26.8 Å². The van der Waals surface area contributed by atoms with Gasteiger partial charge in [-0.2, -0.15) is 0 Å². The molecule has 1 N–H and O–H groups in total. The van der Waals surface area contributed by atoms with Crippen molar-refractivity contribution in [3.8, 4) is 0 Å². The van der Waals surface area contributed by atoms with Crippen LogP contribution in [0.3, 0.4) is 0 Å². The minimum absolute atomic E-state index is 0.255. The molecule has 0 atom stereocenters. The SMILES string of the molecule is CCc1nc(Cl)c(C)c(NCc2cc(Br)ccc2F)n1. The largest absolute Gasteiger partial charge is 0.366 e. The molecule has 106 valence electrons. The molecule has 0 aliphatic rings. The Morgan fingerprint density at radius 1 is 1.35 bits per heavy atom. The molecule has 6 heteroatoms. The Kier molecular flexibility index (Phi) is 4.94. The van der Waals surface area contributed by atoms with Crippen LogP contribution in [0.15, 0.2) is 22.7 Å². The Hall–Kier alpha value is -1.20. The first kappa shape index (κ1) is 15.2. The first-order valence-electron chi connectivity index (χ1n) is 6.22. The van der Waals surface area contributed by atoms with Gasteiger partial charge in [0.1, 0.15) is 22.6 Å². The van der Waals surface area contributed by atoms with E-state index in [1.54, 1.807) is 12.1 Å². The zero-order valence-corrected chi connectivity index (χ0v) is 13.5. The third-order valence-corrected chi connectivity index (χ3v) is 3.76. The van der Waals surface area contributed by atoms with Crippen molar-refractivity contribution in [1.82, 2.24) is 9.97 Å². The molecule has 0 amide bonds. The maximum atomic E-state index is 13.7. The molecule has 2 rings (SSSR count). The Balaban J connectivity index is 2.22. The number of nitrogens with one attached hydrogen (secondary N) is 1. The number of nitrogens with zero attached hydrogens (tertiary/aromatic N) is 2. The number of anilines is 1. The van der Waals surface area contributed by atoms with Gasteiger partial charge in [-0.05, 0) is 25.1 Å². The number of rotatable bonds is 4. The summed E-state index contributed by atoms with van der Waals surface area (Å²) in [6.07, 6.45) is 0.694. The van der Waals surface area contributed by atoms with E-state index in [9.17, 15) is 4.39 Å². The predicted octanol–water partition coefficient (Wildman–Crippen LogP) is 4.51. The quantitative estimate of drug-likeness (QED) is 0.817. The number of halogens is 3. The van der Waals surface area contributed by atoms with E-state index in [-0.39, 0.29) is 5.82 Å². The zero-order chi connectivity index (χ0) is 14.7. The van der Waals surface area contributed by atoms with Gasteiger partial charge in [0.2, 0.25) is 0 Å². The summed E-state index contributed by atoms with van der Waals surface area (Å²) in [6.45, 7) is 4.13. The lowest BCUT2D eigenvalue weighted by Crippen LogP contribution is -2.08. The molecular formula is C14H14BrClFN3. The Bertz CT molecular complexity index is 634. The molecule has 2 aromatic rings. The van der Waals surface area contributed by atoms with Gasteiger partial charge < -0.3 is 5.32 Å². The molecule has 0 spiro atoms. The second kappa shape index (κ2) is 6.50. The van der Waals surface area contributed by atoms with Crippen molar-refractivity contribution < 1.29 is 4.39 Å². The van der Waals surface area contributed by atoms with Gasteiger partial charge in [0.15, 0.2) is 0 Å². The summed E-state index contributed by atoms with van der Waals surface area (Å²) >= 11 is 9.39. The molecule has 1 heterocycles. The molecule has 3 nitrogen and oxygen atoms in total. The molecule has 0 bridgehead atoms. The van der Waals surface area contributed by atoms with Gasteiger partial charge in [-0.25, -0.2) is 14.4 Å². The first-order chi connectivity index (χ1) is 9.51.